The van der Waals surface area contributed by atoms with Crippen LogP contribution in [0.3, 0.4) is 0 Å². The van der Waals surface area contributed by atoms with Gasteiger partial charge >= 0.3 is 0 Å². The molecule has 0 saturated heterocycles. The topological polar surface area (TPSA) is 12.5 Å². The quantitative estimate of drug-likeness (QED) is 0.464. The maximum atomic E-state index is 4.96. The van der Waals surface area contributed by atoms with Gasteiger partial charge in [-0.15, -0.1) is 0 Å². The second-order valence-electron chi connectivity index (χ2n) is 2.73. The van der Waals surface area contributed by atoms with Gasteiger partial charge in [0.2, 0.25) is 0 Å². The summed E-state index contributed by atoms with van der Waals surface area (Å²) >= 11 is 4.15. The van der Waals surface area contributed by atoms with Gasteiger partial charge in [0.15, 0.2) is 0 Å². The normalized spacial score (nSPS) is 10.9. The van der Waals surface area contributed by atoms with E-state index in [0.29, 0.717) is 0 Å². The molecule has 0 aliphatic carbocycles. The Labute approximate surface area is 75.3 Å². The third kappa shape index (κ3) is 8.17. The molecular formula is C8H19NOS. The van der Waals surface area contributed by atoms with Crippen LogP contribution in [0.5, 0.6) is 0 Å². The minimum atomic E-state index is 0.831. The van der Waals surface area contributed by atoms with Crippen molar-refractivity contribution in [2.75, 3.05) is 39.6 Å². The van der Waals surface area contributed by atoms with Crippen molar-refractivity contribution in [1.82, 2.24) is 4.90 Å². The molecule has 0 spiro atoms. The molecule has 0 N–H and O–H groups in total. The number of likely N-dealkylation sites (N-methyl/N-ethyl adjacent to an activating group) is 1. The summed E-state index contributed by atoms with van der Waals surface area (Å²) in [6.07, 6.45) is 2.45. The molecule has 0 aliphatic rings. The highest BCUT2D eigenvalue weighted by Crippen LogP contribution is 1.93. The van der Waals surface area contributed by atoms with Crippen LogP contribution in [0, 0.1) is 0 Å². The Kier molecular flexibility index (Phi) is 8.57. The molecule has 0 aromatic rings. The molecule has 2 nitrogen and oxygen atoms in total. The lowest BCUT2D eigenvalue weighted by molar-refractivity contribution is 0.160. The third-order valence-corrected chi connectivity index (χ3v) is 1.94. The fourth-order valence-corrected chi connectivity index (χ4v) is 1.08. The van der Waals surface area contributed by atoms with Gasteiger partial charge in [0, 0.05) is 13.7 Å². The lowest BCUT2D eigenvalue weighted by Gasteiger charge is -2.14. The molecule has 0 atom stereocenters. The Morgan fingerprint density at radius 1 is 1.27 bits per heavy atom. The van der Waals surface area contributed by atoms with E-state index in [-0.39, 0.29) is 0 Å². The number of unbranched alkanes of at least 4 members (excludes halogenated alkanes) is 1. The number of thiol groups is 1. The van der Waals surface area contributed by atoms with Crippen LogP contribution >= 0.6 is 12.6 Å². The highest BCUT2D eigenvalue weighted by Gasteiger charge is 1.95. The van der Waals surface area contributed by atoms with Gasteiger partial charge in [-0.1, -0.05) is 0 Å². The second-order valence-corrected chi connectivity index (χ2v) is 3.17. The molecule has 0 heterocycles. The van der Waals surface area contributed by atoms with Crippen molar-refractivity contribution >= 4 is 12.6 Å². The lowest BCUT2D eigenvalue weighted by Crippen LogP contribution is -2.23. The first kappa shape index (κ1) is 11.3. The Morgan fingerprint density at radius 2 is 2.00 bits per heavy atom. The zero-order chi connectivity index (χ0) is 8.53. The second kappa shape index (κ2) is 8.37. The highest BCUT2D eigenvalue weighted by atomic mass is 32.1. The smallest absolute Gasteiger partial charge is 0.0589 e. The molecule has 0 bridgehead atoms. The molecular weight excluding hydrogens is 158 g/mol. The fourth-order valence-electron chi connectivity index (χ4n) is 0.852. The van der Waals surface area contributed by atoms with Gasteiger partial charge in [-0.05, 0) is 32.2 Å². The van der Waals surface area contributed by atoms with Crippen LogP contribution in [-0.4, -0.2) is 44.5 Å². The number of hydrogen-bond donors (Lipinski definition) is 1. The van der Waals surface area contributed by atoms with E-state index in [9.17, 15) is 0 Å². The maximum Gasteiger partial charge on any atom is 0.0589 e. The summed E-state index contributed by atoms with van der Waals surface area (Å²) in [5, 5.41) is 0. The third-order valence-electron chi connectivity index (χ3n) is 1.63. The SMILES string of the molecule is COCCN(C)CCCCS. The summed E-state index contributed by atoms with van der Waals surface area (Å²) in [5.41, 5.74) is 0. The van der Waals surface area contributed by atoms with E-state index in [2.05, 4.69) is 24.6 Å². The molecule has 3 heteroatoms. The van der Waals surface area contributed by atoms with Crippen molar-refractivity contribution in [1.29, 1.82) is 0 Å². The van der Waals surface area contributed by atoms with E-state index in [1.807, 2.05) is 0 Å². The fraction of sp³-hybridized carbons (Fsp3) is 1.00. The lowest BCUT2D eigenvalue weighted by atomic mass is 10.3. The van der Waals surface area contributed by atoms with E-state index < -0.39 is 0 Å². The predicted molar refractivity (Wildman–Crippen MR) is 52.5 cm³/mol. The largest absolute Gasteiger partial charge is 0.383 e. The van der Waals surface area contributed by atoms with Crippen molar-refractivity contribution in [3.63, 3.8) is 0 Å². The summed E-state index contributed by atoms with van der Waals surface area (Å²) in [6, 6.07) is 0. The van der Waals surface area contributed by atoms with Gasteiger partial charge in [-0.3, -0.25) is 0 Å². The summed E-state index contributed by atoms with van der Waals surface area (Å²) < 4.78 is 4.96. The molecule has 11 heavy (non-hydrogen) atoms. The van der Waals surface area contributed by atoms with E-state index in [0.717, 1.165) is 25.4 Å². The van der Waals surface area contributed by atoms with Gasteiger partial charge < -0.3 is 9.64 Å². The summed E-state index contributed by atoms with van der Waals surface area (Å²) in [5.74, 6) is 0.998. The Bertz CT molecular complexity index is 80.5. The number of hydrogen-bond acceptors (Lipinski definition) is 3. The van der Waals surface area contributed by atoms with Crippen LogP contribution in [0.4, 0.5) is 0 Å². The highest BCUT2D eigenvalue weighted by molar-refractivity contribution is 7.80. The molecule has 68 valence electrons. The van der Waals surface area contributed by atoms with Crippen LogP contribution in [0.2, 0.25) is 0 Å². The maximum absolute atomic E-state index is 4.96. The zero-order valence-electron chi connectivity index (χ0n) is 7.55. The standard InChI is InChI=1S/C8H19NOS/c1-9(6-7-10-2)5-3-4-8-11/h11H,3-8H2,1-2H3. The molecule has 0 saturated carbocycles. The molecule has 0 unspecified atom stereocenters. The molecule has 0 aromatic heterocycles. The number of rotatable bonds is 7. The number of methoxy groups -OCH3 is 1. The Balaban J connectivity index is 3.02. The van der Waals surface area contributed by atoms with Crippen molar-refractivity contribution < 1.29 is 4.74 Å². The first-order valence-electron chi connectivity index (χ1n) is 4.09. The summed E-state index contributed by atoms with van der Waals surface area (Å²) in [6.45, 7) is 3.02. The zero-order valence-corrected chi connectivity index (χ0v) is 8.44. The first-order chi connectivity index (χ1) is 5.31. The minimum absolute atomic E-state index is 0.831. The average Bonchev–Trinajstić information content (AvgIpc) is 2.01. The average molecular weight is 177 g/mol. The van der Waals surface area contributed by atoms with E-state index in [1.54, 1.807) is 7.11 Å². The van der Waals surface area contributed by atoms with Gasteiger partial charge in [-0.25, -0.2) is 0 Å². The van der Waals surface area contributed by atoms with E-state index in [4.69, 9.17) is 4.74 Å². The first-order valence-corrected chi connectivity index (χ1v) is 4.73. The summed E-state index contributed by atoms with van der Waals surface area (Å²) in [4.78, 5) is 2.28. The van der Waals surface area contributed by atoms with Crippen LogP contribution in [-0.2, 0) is 4.74 Å². The molecule has 0 radical (unpaired) electrons. The van der Waals surface area contributed by atoms with E-state index in [1.165, 1.54) is 12.8 Å². The number of nitrogens with zero attached hydrogens (tertiary/aromatic N) is 1. The molecule has 0 aromatic carbocycles. The van der Waals surface area contributed by atoms with Crippen LogP contribution in [0.15, 0.2) is 0 Å². The van der Waals surface area contributed by atoms with Gasteiger partial charge in [0.25, 0.3) is 0 Å². The van der Waals surface area contributed by atoms with Crippen molar-refractivity contribution in [3.05, 3.63) is 0 Å². The Hall–Kier alpha value is 0.270. The van der Waals surface area contributed by atoms with Crippen molar-refractivity contribution in [3.8, 4) is 0 Å². The number of ether oxygens (including phenoxy) is 1. The molecule has 0 rings (SSSR count). The Morgan fingerprint density at radius 3 is 2.55 bits per heavy atom. The van der Waals surface area contributed by atoms with Gasteiger partial charge in [-0.2, -0.15) is 12.6 Å². The van der Waals surface area contributed by atoms with Gasteiger partial charge in [0.05, 0.1) is 6.61 Å². The van der Waals surface area contributed by atoms with Crippen molar-refractivity contribution in [2.45, 2.75) is 12.8 Å². The van der Waals surface area contributed by atoms with Crippen LogP contribution < -0.4 is 0 Å². The monoisotopic (exact) mass is 177 g/mol. The van der Waals surface area contributed by atoms with Crippen LogP contribution in [0.1, 0.15) is 12.8 Å². The van der Waals surface area contributed by atoms with Gasteiger partial charge in [0.1, 0.15) is 0 Å². The van der Waals surface area contributed by atoms with Crippen molar-refractivity contribution in [2.24, 2.45) is 0 Å². The summed E-state index contributed by atoms with van der Waals surface area (Å²) in [7, 11) is 3.86. The van der Waals surface area contributed by atoms with Crippen LogP contribution in [0.25, 0.3) is 0 Å². The van der Waals surface area contributed by atoms with E-state index >= 15 is 0 Å². The minimum Gasteiger partial charge on any atom is -0.383 e. The molecule has 0 aliphatic heterocycles. The molecule has 0 fully saturated rings. The molecule has 0 amide bonds. The predicted octanol–water partition coefficient (Wildman–Crippen LogP) is 1.27.